The number of ketones is 1. The van der Waals surface area contributed by atoms with Crippen molar-refractivity contribution in [1.82, 2.24) is 4.98 Å². The van der Waals surface area contributed by atoms with E-state index in [1.807, 2.05) is 55.8 Å². The molecule has 0 bridgehead atoms. The van der Waals surface area contributed by atoms with Crippen molar-refractivity contribution < 1.29 is 24.5 Å². The Bertz CT molecular complexity index is 1040. The summed E-state index contributed by atoms with van der Waals surface area (Å²) in [7, 11) is 0. The van der Waals surface area contributed by atoms with Crippen molar-refractivity contribution in [2.45, 2.75) is 103 Å². The minimum Gasteiger partial charge on any atom is -0.457 e. The van der Waals surface area contributed by atoms with Gasteiger partial charge in [-0.3, -0.25) is 9.59 Å². The molecular weight excluding hydrogens is 551 g/mol. The first-order valence-electron chi connectivity index (χ1n) is 14.0. The van der Waals surface area contributed by atoms with Gasteiger partial charge in [0.1, 0.15) is 11.9 Å². The van der Waals surface area contributed by atoms with E-state index in [1.54, 1.807) is 32.1 Å². The fraction of sp³-hybridized carbons (Fsp3) is 0.700. The lowest BCUT2D eigenvalue weighted by Crippen LogP contribution is -2.45. The maximum atomic E-state index is 13.4. The van der Waals surface area contributed by atoms with Crippen molar-refractivity contribution in [3.05, 3.63) is 33.3 Å². The first-order valence-corrected chi connectivity index (χ1v) is 17.0. The Morgan fingerprint density at radius 1 is 1.21 bits per heavy atom. The molecule has 0 saturated carbocycles. The number of thiazole rings is 1. The van der Waals surface area contributed by atoms with Crippen molar-refractivity contribution in [2.24, 2.45) is 17.3 Å². The quantitative estimate of drug-likeness (QED) is 0.303. The summed E-state index contributed by atoms with van der Waals surface area (Å²) in [6.07, 6.45) is 5.57. The Morgan fingerprint density at radius 3 is 2.54 bits per heavy atom. The second kappa shape index (κ2) is 14.7. The van der Waals surface area contributed by atoms with E-state index in [2.05, 4.69) is 11.1 Å². The number of aliphatic hydroxyl groups excluding tert-OH is 2. The summed E-state index contributed by atoms with van der Waals surface area (Å²) in [6.45, 7) is 10.9. The highest BCUT2D eigenvalue weighted by Crippen LogP contribution is 2.38. The molecule has 1 aromatic rings. The lowest BCUT2D eigenvalue weighted by atomic mass is 9.73. The number of Topliss-reactive ketones (excluding diaryl/α,β-unsaturated/α-hetero) is 1. The molecule has 1 saturated heterocycles. The van der Waals surface area contributed by atoms with Crippen LogP contribution in [0.25, 0.3) is 6.08 Å². The standard InChI is InChI=1S/C30H45NO5S3/c1-18-8-7-9-22(15-27-37-12-13-38-27)10-11-24(19(2)14-23-17-39-21(4)31-23)36-26(33)16-25(32)30(5,6)29(35)20(3)28(18)34/h10,14,17-18,20,24-25,27-28,32,34H,7-9,11-13,15-16H2,1-6H3/t18-,20+,24-,25-,28-/m0/s1. The zero-order valence-electron chi connectivity index (χ0n) is 24.1. The molecule has 3 rings (SSSR count). The van der Waals surface area contributed by atoms with Crippen LogP contribution in [-0.2, 0) is 14.3 Å². The van der Waals surface area contributed by atoms with Crippen LogP contribution in [-0.4, -0.2) is 61.3 Å². The van der Waals surface area contributed by atoms with Crippen LogP contribution in [0, 0.1) is 24.2 Å². The highest BCUT2D eigenvalue weighted by atomic mass is 32.2. The van der Waals surface area contributed by atoms with Gasteiger partial charge in [0, 0.05) is 29.2 Å². The Kier molecular flexibility index (Phi) is 12.2. The van der Waals surface area contributed by atoms with Gasteiger partial charge in [0.15, 0.2) is 0 Å². The largest absolute Gasteiger partial charge is 0.457 e. The van der Waals surface area contributed by atoms with Gasteiger partial charge in [0.2, 0.25) is 0 Å². The molecule has 2 aliphatic rings. The van der Waals surface area contributed by atoms with E-state index in [1.165, 1.54) is 17.1 Å². The summed E-state index contributed by atoms with van der Waals surface area (Å²) in [4.78, 5) is 31.0. The van der Waals surface area contributed by atoms with E-state index in [0.29, 0.717) is 11.0 Å². The fourth-order valence-corrected chi connectivity index (χ4v) is 8.73. The fourth-order valence-electron chi connectivity index (χ4n) is 5.24. The lowest BCUT2D eigenvalue weighted by molar-refractivity contribution is -0.154. The number of aromatic nitrogens is 1. The Hall–Kier alpha value is -1.13. The monoisotopic (exact) mass is 595 g/mol. The Morgan fingerprint density at radius 2 is 1.90 bits per heavy atom. The number of thioether (sulfide) groups is 2. The van der Waals surface area contributed by atoms with Crippen LogP contribution in [0.1, 0.15) is 83.8 Å². The topological polar surface area (TPSA) is 96.7 Å². The van der Waals surface area contributed by atoms with Crippen molar-refractivity contribution in [3.63, 3.8) is 0 Å². The summed E-state index contributed by atoms with van der Waals surface area (Å²) in [5, 5.41) is 24.9. The van der Waals surface area contributed by atoms with Crippen molar-refractivity contribution in [3.8, 4) is 0 Å². The predicted molar refractivity (Wildman–Crippen MR) is 164 cm³/mol. The third kappa shape index (κ3) is 9.18. The van der Waals surface area contributed by atoms with E-state index in [4.69, 9.17) is 4.74 Å². The molecule has 2 N–H and O–H groups in total. The summed E-state index contributed by atoms with van der Waals surface area (Å²) in [5.41, 5.74) is 1.89. The van der Waals surface area contributed by atoms with Gasteiger partial charge in [-0.25, -0.2) is 4.98 Å². The van der Waals surface area contributed by atoms with Crippen molar-refractivity contribution >= 4 is 52.7 Å². The van der Waals surface area contributed by atoms with Gasteiger partial charge < -0.3 is 14.9 Å². The Labute approximate surface area is 246 Å². The number of ether oxygens (including phenoxy) is 1. The second-order valence-corrected chi connectivity index (χ2v) is 15.6. The molecule has 1 aromatic heterocycles. The molecule has 0 aliphatic carbocycles. The van der Waals surface area contributed by atoms with Gasteiger partial charge in [-0.05, 0) is 57.1 Å². The molecule has 6 nitrogen and oxygen atoms in total. The smallest absolute Gasteiger partial charge is 0.309 e. The molecule has 3 heterocycles. The van der Waals surface area contributed by atoms with Gasteiger partial charge in [-0.15, -0.1) is 34.9 Å². The number of esters is 1. The van der Waals surface area contributed by atoms with Crippen LogP contribution in [0.3, 0.4) is 0 Å². The van der Waals surface area contributed by atoms with E-state index in [-0.39, 0.29) is 18.1 Å². The molecule has 218 valence electrons. The summed E-state index contributed by atoms with van der Waals surface area (Å²) >= 11 is 5.58. The van der Waals surface area contributed by atoms with Crippen LogP contribution in [0.4, 0.5) is 0 Å². The minimum atomic E-state index is -1.22. The molecule has 0 amide bonds. The van der Waals surface area contributed by atoms with E-state index >= 15 is 0 Å². The number of aryl methyl sites for hydroxylation is 1. The van der Waals surface area contributed by atoms with Gasteiger partial charge in [-0.1, -0.05) is 39.3 Å². The number of carbonyl (C=O) groups is 2. The zero-order chi connectivity index (χ0) is 28.7. The summed E-state index contributed by atoms with van der Waals surface area (Å²) in [6, 6.07) is 0. The van der Waals surface area contributed by atoms with Crippen LogP contribution in [0.5, 0.6) is 0 Å². The number of allylic oxidation sites excluding steroid dienone is 1. The summed E-state index contributed by atoms with van der Waals surface area (Å²) < 4.78 is 6.50. The van der Waals surface area contributed by atoms with E-state index in [9.17, 15) is 19.8 Å². The molecule has 0 spiro atoms. The molecule has 39 heavy (non-hydrogen) atoms. The molecule has 0 unspecified atom stereocenters. The van der Waals surface area contributed by atoms with Gasteiger partial charge >= 0.3 is 5.97 Å². The average molecular weight is 596 g/mol. The normalized spacial score (nSPS) is 30.7. The number of hydrogen-bond acceptors (Lipinski definition) is 9. The van der Waals surface area contributed by atoms with Gasteiger partial charge in [-0.2, -0.15) is 0 Å². The molecule has 2 aliphatic heterocycles. The van der Waals surface area contributed by atoms with E-state index < -0.39 is 35.6 Å². The minimum absolute atomic E-state index is 0.0502. The number of cyclic esters (lactones) is 1. The zero-order valence-corrected chi connectivity index (χ0v) is 26.6. The first kappa shape index (κ1) is 32.4. The highest BCUT2D eigenvalue weighted by Gasteiger charge is 2.42. The van der Waals surface area contributed by atoms with Crippen LogP contribution in [0.2, 0.25) is 0 Å². The van der Waals surface area contributed by atoms with Crippen LogP contribution in [0.15, 0.2) is 22.6 Å². The Balaban J connectivity index is 1.91. The van der Waals surface area contributed by atoms with Crippen molar-refractivity contribution in [1.29, 1.82) is 0 Å². The maximum absolute atomic E-state index is 13.4. The van der Waals surface area contributed by atoms with Crippen LogP contribution < -0.4 is 0 Å². The lowest BCUT2D eigenvalue weighted by Gasteiger charge is -2.34. The first-order chi connectivity index (χ1) is 18.4. The second-order valence-electron chi connectivity index (χ2n) is 11.6. The highest BCUT2D eigenvalue weighted by molar-refractivity contribution is 8.20. The number of rotatable bonds is 4. The number of aliphatic hydroxyl groups is 2. The van der Waals surface area contributed by atoms with Gasteiger partial charge in [0.05, 0.1) is 39.3 Å². The van der Waals surface area contributed by atoms with Gasteiger partial charge in [0.25, 0.3) is 0 Å². The molecule has 0 aromatic carbocycles. The van der Waals surface area contributed by atoms with Crippen LogP contribution >= 0.6 is 34.9 Å². The molecule has 0 radical (unpaired) electrons. The predicted octanol–water partition coefficient (Wildman–Crippen LogP) is 6.44. The molecule has 5 atom stereocenters. The third-order valence-electron chi connectivity index (χ3n) is 8.03. The average Bonchev–Trinajstić information content (AvgIpc) is 3.55. The maximum Gasteiger partial charge on any atom is 0.309 e. The number of hydrogen-bond donors (Lipinski definition) is 2. The summed E-state index contributed by atoms with van der Waals surface area (Å²) in [5.74, 6) is 0.870. The molecule has 1 fully saturated rings. The van der Waals surface area contributed by atoms with Crippen molar-refractivity contribution in [2.75, 3.05) is 11.5 Å². The SMILES string of the molecule is CC(=Cc1csc(C)n1)[C@@H]1CC=C(CC2SCCS2)CCC[C@H](C)[C@H](O)[C@@H](C)C(=O)C(C)(C)[C@@H](O)CC(=O)O1. The number of carbonyl (C=O) groups excluding carboxylic acids is 2. The molecular formula is C30H45NO5S3. The van der Waals surface area contributed by atoms with E-state index in [0.717, 1.165) is 42.0 Å². The molecule has 9 heteroatoms. The third-order valence-corrected chi connectivity index (χ3v) is 11.9. The number of nitrogens with zero attached hydrogens (tertiary/aromatic N) is 1.